The Hall–Kier alpha value is -2.18. The SMILES string of the molecule is Cc1cccc(C(=O)Nc2sc3c(c2C(=O)N2CCN(C)CC2)CCC(C)C3)c1. The van der Waals surface area contributed by atoms with Crippen LogP contribution in [0.3, 0.4) is 0 Å². The van der Waals surface area contributed by atoms with E-state index in [2.05, 4.69) is 24.2 Å². The highest BCUT2D eigenvalue weighted by atomic mass is 32.1. The summed E-state index contributed by atoms with van der Waals surface area (Å²) in [4.78, 5) is 31.8. The third kappa shape index (κ3) is 4.23. The summed E-state index contributed by atoms with van der Waals surface area (Å²) >= 11 is 1.60. The number of carbonyl (C=O) groups excluding carboxylic acids is 2. The lowest BCUT2D eigenvalue weighted by Gasteiger charge is -2.33. The molecule has 6 heteroatoms. The van der Waals surface area contributed by atoms with Crippen LogP contribution in [-0.2, 0) is 12.8 Å². The van der Waals surface area contributed by atoms with Crippen LogP contribution in [0.15, 0.2) is 24.3 Å². The van der Waals surface area contributed by atoms with E-state index in [-0.39, 0.29) is 11.8 Å². The smallest absolute Gasteiger partial charge is 0.257 e. The van der Waals surface area contributed by atoms with E-state index in [1.165, 1.54) is 4.88 Å². The average Bonchev–Trinajstić information content (AvgIpc) is 3.04. The van der Waals surface area contributed by atoms with Crippen molar-refractivity contribution in [3.8, 4) is 0 Å². The van der Waals surface area contributed by atoms with Gasteiger partial charge in [0.05, 0.1) is 5.56 Å². The van der Waals surface area contributed by atoms with Gasteiger partial charge in [-0.05, 0) is 56.8 Å². The van der Waals surface area contributed by atoms with Gasteiger partial charge < -0.3 is 15.1 Å². The molecule has 1 aliphatic heterocycles. The van der Waals surface area contributed by atoms with Gasteiger partial charge in [-0.2, -0.15) is 0 Å². The van der Waals surface area contributed by atoms with Crippen molar-refractivity contribution < 1.29 is 9.59 Å². The number of amides is 2. The topological polar surface area (TPSA) is 52.7 Å². The normalized spacial score (nSPS) is 19.7. The number of carbonyl (C=O) groups is 2. The van der Waals surface area contributed by atoms with Gasteiger partial charge in [0.25, 0.3) is 11.8 Å². The Morgan fingerprint density at radius 3 is 2.66 bits per heavy atom. The molecule has 2 aromatic rings. The molecule has 1 unspecified atom stereocenters. The van der Waals surface area contributed by atoms with Crippen LogP contribution < -0.4 is 5.32 Å². The van der Waals surface area contributed by atoms with Crippen LogP contribution in [-0.4, -0.2) is 54.8 Å². The van der Waals surface area contributed by atoms with E-state index >= 15 is 0 Å². The fourth-order valence-corrected chi connectivity index (χ4v) is 5.59. The lowest BCUT2D eigenvalue weighted by Crippen LogP contribution is -2.47. The molecule has 2 heterocycles. The van der Waals surface area contributed by atoms with Gasteiger partial charge in [-0.3, -0.25) is 9.59 Å². The Kier molecular flexibility index (Phi) is 5.74. The van der Waals surface area contributed by atoms with E-state index in [1.807, 2.05) is 36.1 Å². The lowest BCUT2D eigenvalue weighted by atomic mass is 9.88. The number of likely N-dealkylation sites (N-methyl/N-ethyl adjacent to an activating group) is 1. The molecule has 0 bridgehead atoms. The summed E-state index contributed by atoms with van der Waals surface area (Å²) in [7, 11) is 2.09. The third-order valence-electron chi connectivity index (χ3n) is 6.02. The minimum absolute atomic E-state index is 0.0738. The molecule has 0 radical (unpaired) electrons. The number of benzene rings is 1. The van der Waals surface area contributed by atoms with Crippen molar-refractivity contribution in [3.05, 3.63) is 51.4 Å². The van der Waals surface area contributed by atoms with Gasteiger partial charge in [0.15, 0.2) is 0 Å². The minimum atomic E-state index is -0.146. The summed E-state index contributed by atoms with van der Waals surface area (Å²) in [5, 5.41) is 3.80. The second-order valence-corrected chi connectivity index (χ2v) is 9.58. The summed E-state index contributed by atoms with van der Waals surface area (Å²) in [6.45, 7) is 7.49. The van der Waals surface area contributed by atoms with Gasteiger partial charge >= 0.3 is 0 Å². The number of hydrogen-bond donors (Lipinski definition) is 1. The maximum atomic E-state index is 13.5. The van der Waals surface area contributed by atoms with Crippen LogP contribution in [0.2, 0.25) is 0 Å². The Balaban J connectivity index is 1.66. The van der Waals surface area contributed by atoms with Crippen molar-refractivity contribution in [1.29, 1.82) is 0 Å². The van der Waals surface area contributed by atoms with Crippen LogP contribution in [0, 0.1) is 12.8 Å². The highest BCUT2D eigenvalue weighted by Crippen LogP contribution is 2.40. The van der Waals surface area contributed by atoms with Gasteiger partial charge in [0.2, 0.25) is 0 Å². The Morgan fingerprint density at radius 2 is 1.93 bits per heavy atom. The van der Waals surface area contributed by atoms with Gasteiger partial charge in [-0.15, -0.1) is 11.3 Å². The summed E-state index contributed by atoms with van der Waals surface area (Å²) in [6, 6.07) is 7.57. The molecule has 1 N–H and O–H groups in total. The van der Waals surface area contributed by atoms with Gasteiger partial charge in [-0.25, -0.2) is 0 Å². The predicted molar refractivity (Wildman–Crippen MR) is 118 cm³/mol. The lowest BCUT2D eigenvalue weighted by molar-refractivity contribution is 0.0664. The number of nitrogens with one attached hydrogen (secondary N) is 1. The van der Waals surface area contributed by atoms with Crippen LogP contribution in [0.25, 0.3) is 0 Å². The van der Waals surface area contributed by atoms with Crippen LogP contribution in [0.1, 0.15) is 50.1 Å². The van der Waals surface area contributed by atoms with Crippen LogP contribution >= 0.6 is 11.3 Å². The van der Waals surface area contributed by atoms with Crippen molar-refractivity contribution in [1.82, 2.24) is 9.80 Å². The first-order valence-electron chi connectivity index (χ1n) is 10.4. The number of nitrogens with zero attached hydrogens (tertiary/aromatic N) is 2. The summed E-state index contributed by atoms with van der Waals surface area (Å²) in [5.41, 5.74) is 3.58. The van der Waals surface area contributed by atoms with E-state index in [0.717, 1.165) is 67.1 Å². The molecule has 5 nitrogen and oxygen atoms in total. The average molecular weight is 412 g/mol. The number of aryl methyl sites for hydroxylation is 1. The first-order chi connectivity index (χ1) is 13.9. The van der Waals surface area contributed by atoms with E-state index in [0.29, 0.717) is 11.5 Å². The maximum Gasteiger partial charge on any atom is 0.257 e. The van der Waals surface area contributed by atoms with Crippen molar-refractivity contribution in [2.45, 2.75) is 33.1 Å². The van der Waals surface area contributed by atoms with Gasteiger partial charge in [0.1, 0.15) is 5.00 Å². The molecule has 1 aromatic carbocycles. The maximum absolute atomic E-state index is 13.5. The second kappa shape index (κ2) is 8.28. The zero-order valence-corrected chi connectivity index (χ0v) is 18.3. The van der Waals surface area contributed by atoms with E-state index in [4.69, 9.17) is 0 Å². The number of piperazine rings is 1. The minimum Gasteiger partial charge on any atom is -0.336 e. The summed E-state index contributed by atoms with van der Waals surface area (Å²) in [5.74, 6) is 0.547. The first kappa shape index (κ1) is 20.1. The molecule has 1 atom stereocenters. The molecule has 2 amide bonds. The Morgan fingerprint density at radius 1 is 1.17 bits per heavy atom. The van der Waals surface area contributed by atoms with Gasteiger partial charge in [0, 0.05) is 36.6 Å². The largest absolute Gasteiger partial charge is 0.336 e. The van der Waals surface area contributed by atoms with Crippen LogP contribution in [0.4, 0.5) is 5.00 Å². The molecule has 4 rings (SSSR count). The monoisotopic (exact) mass is 411 g/mol. The molecule has 1 saturated heterocycles. The zero-order valence-electron chi connectivity index (χ0n) is 17.5. The molecule has 1 fully saturated rings. The van der Waals surface area contributed by atoms with Gasteiger partial charge in [-0.1, -0.05) is 24.6 Å². The number of thiophene rings is 1. The van der Waals surface area contributed by atoms with Crippen molar-refractivity contribution in [2.75, 3.05) is 38.5 Å². The summed E-state index contributed by atoms with van der Waals surface area (Å²) in [6.07, 6.45) is 3.00. The predicted octanol–water partition coefficient (Wildman–Crippen LogP) is 3.82. The van der Waals surface area contributed by atoms with Crippen molar-refractivity contribution >= 4 is 28.2 Å². The molecular formula is C23H29N3O2S. The third-order valence-corrected chi connectivity index (χ3v) is 7.19. The molecule has 0 spiro atoms. The molecular weight excluding hydrogens is 382 g/mol. The van der Waals surface area contributed by atoms with Crippen molar-refractivity contribution in [2.24, 2.45) is 5.92 Å². The second-order valence-electron chi connectivity index (χ2n) is 8.47. The molecule has 154 valence electrons. The highest BCUT2D eigenvalue weighted by molar-refractivity contribution is 7.17. The highest BCUT2D eigenvalue weighted by Gasteiger charge is 2.31. The zero-order chi connectivity index (χ0) is 20.5. The number of fused-ring (bicyclic) bond motifs is 1. The summed E-state index contributed by atoms with van der Waals surface area (Å²) < 4.78 is 0. The Bertz CT molecular complexity index is 928. The number of anilines is 1. The molecule has 29 heavy (non-hydrogen) atoms. The van der Waals surface area contributed by atoms with Crippen LogP contribution in [0.5, 0.6) is 0 Å². The molecule has 2 aliphatic rings. The molecule has 1 aromatic heterocycles. The van der Waals surface area contributed by atoms with E-state index in [9.17, 15) is 9.59 Å². The first-order valence-corrected chi connectivity index (χ1v) is 11.2. The number of hydrogen-bond acceptors (Lipinski definition) is 4. The fourth-order valence-electron chi connectivity index (χ4n) is 4.19. The number of rotatable bonds is 3. The van der Waals surface area contributed by atoms with Crippen molar-refractivity contribution in [3.63, 3.8) is 0 Å². The quantitative estimate of drug-likeness (QED) is 0.835. The molecule has 0 saturated carbocycles. The molecule has 1 aliphatic carbocycles. The van der Waals surface area contributed by atoms with E-state index < -0.39 is 0 Å². The van der Waals surface area contributed by atoms with E-state index in [1.54, 1.807) is 11.3 Å². The Labute approximate surface area is 176 Å². The fraction of sp³-hybridized carbons (Fsp3) is 0.478. The standard InChI is InChI=1S/C23H29N3O2S/c1-15-5-4-6-17(13-15)21(27)24-22-20(18-8-7-16(2)14-19(18)29-22)23(28)26-11-9-25(3)10-12-26/h4-6,13,16H,7-12,14H2,1-3H3,(H,24,27).